The van der Waals surface area contributed by atoms with Gasteiger partial charge in [-0.2, -0.15) is 0 Å². The van der Waals surface area contributed by atoms with Crippen LogP contribution in [0.4, 0.5) is 0 Å². The zero-order chi connectivity index (χ0) is 23.0. The maximum Gasteiger partial charge on any atom is 0.119 e. The van der Waals surface area contributed by atoms with Crippen molar-refractivity contribution < 1.29 is 29.5 Å². The van der Waals surface area contributed by atoms with Gasteiger partial charge in [-0.25, -0.2) is 0 Å². The first kappa shape index (κ1) is 28.8. The highest BCUT2D eigenvalue weighted by Crippen LogP contribution is 2.37. The highest BCUT2D eigenvalue weighted by atomic mass is 16.5. The van der Waals surface area contributed by atoms with E-state index in [1.807, 2.05) is 12.1 Å². The molecule has 1 rings (SSSR count). The Bertz CT molecular complexity index is 547. The molecule has 6 heteroatoms. The summed E-state index contributed by atoms with van der Waals surface area (Å²) in [5, 5.41) is 26.8. The average molecular weight is 429 g/mol. The standard InChI is InChI=1S/C16H26O.C8H18O5/c1-7-15(3,4)12-9-10-14(17)13(11-12)16(5,6)8-2;9-1-3-11-5-7-13-8-6-12-4-2-10/h9-11,17H,7-8H2,1-6H3;9-10H,1-8H2. The van der Waals surface area contributed by atoms with Crippen LogP contribution in [-0.2, 0) is 25.0 Å². The number of benzene rings is 1. The van der Waals surface area contributed by atoms with Crippen LogP contribution in [0.1, 0.15) is 65.5 Å². The maximum atomic E-state index is 10.0. The van der Waals surface area contributed by atoms with E-state index in [4.69, 9.17) is 24.4 Å². The molecule has 0 amide bonds. The lowest BCUT2D eigenvalue weighted by atomic mass is 9.76. The van der Waals surface area contributed by atoms with Crippen LogP contribution in [0.15, 0.2) is 18.2 Å². The van der Waals surface area contributed by atoms with Gasteiger partial charge in [0.1, 0.15) is 5.75 Å². The molecule has 0 saturated carbocycles. The van der Waals surface area contributed by atoms with Gasteiger partial charge in [0.05, 0.1) is 52.9 Å². The van der Waals surface area contributed by atoms with Crippen molar-refractivity contribution in [2.75, 3.05) is 52.9 Å². The predicted octanol–water partition coefficient (Wildman–Crippen LogP) is 3.79. The number of phenolic OH excluding ortho intramolecular Hbond substituents is 1. The maximum absolute atomic E-state index is 10.0. The normalized spacial score (nSPS) is 11.9. The Balaban J connectivity index is 0.000000584. The van der Waals surface area contributed by atoms with Gasteiger partial charge in [0.2, 0.25) is 0 Å². The Morgan fingerprint density at radius 2 is 1.13 bits per heavy atom. The molecule has 0 aliphatic rings. The summed E-state index contributed by atoms with van der Waals surface area (Å²) in [5.41, 5.74) is 2.59. The number of aliphatic hydroxyl groups is 2. The fourth-order valence-corrected chi connectivity index (χ4v) is 2.56. The van der Waals surface area contributed by atoms with Gasteiger partial charge in [0, 0.05) is 0 Å². The van der Waals surface area contributed by atoms with Gasteiger partial charge < -0.3 is 29.5 Å². The summed E-state index contributed by atoms with van der Waals surface area (Å²) in [6.45, 7) is 16.0. The monoisotopic (exact) mass is 428 g/mol. The molecule has 1 aromatic rings. The predicted molar refractivity (Wildman–Crippen MR) is 121 cm³/mol. The molecule has 0 aliphatic carbocycles. The highest BCUT2D eigenvalue weighted by Gasteiger charge is 2.25. The molecule has 0 bridgehead atoms. The summed E-state index contributed by atoms with van der Waals surface area (Å²) in [6.07, 6.45) is 2.13. The second-order valence-electron chi connectivity index (χ2n) is 8.49. The van der Waals surface area contributed by atoms with Crippen molar-refractivity contribution in [1.29, 1.82) is 0 Å². The fraction of sp³-hybridized carbons (Fsp3) is 0.750. The van der Waals surface area contributed by atoms with Gasteiger partial charge in [0.15, 0.2) is 0 Å². The minimum atomic E-state index is 0.0317. The van der Waals surface area contributed by atoms with Gasteiger partial charge >= 0.3 is 0 Å². The fourth-order valence-electron chi connectivity index (χ4n) is 2.56. The van der Waals surface area contributed by atoms with E-state index in [1.165, 1.54) is 5.56 Å². The molecule has 0 aliphatic heterocycles. The molecule has 0 heterocycles. The zero-order valence-corrected chi connectivity index (χ0v) is 19.9. The molecular weight excluding hydrogens is 384 g/mol. The third kappa shape index (κ3) is 11.3. The van der Waals surface area contributed by atoms with Gasteiger partial charge in [-0.1, -0.05) is 53.7 Å². The van der Waals surface area contributed by atoms with Crippen molar-refractivity contribution in [2.45, 2.75) is 65.2 Å². The lowest BCUT2D eigenvalue weighted by molar-refractivity contribution is 0.00230. The lowest BCUT2D eigenvalue weighted by Gasteiger charge is -2.29. The Labute approximate surface area is 183 Å². The largest absolute Gasteiger partial charge is 0.508 e. The van der Waals surface area contributed by atoms with E-state index in [-0.39, 0.29) is 24.0 Å². The second kappa shape index (κ2) is 15.6. The van der Waals surface area contributed by atoms with Crippen LogP contribution in [0.5, 0.6) is 5.75 Å². The minimum Gasteiger partial charge on any atom is -0.508 e. The number of hydrogen-bond acceptors (Lipinski definition) is 6. The summed E-state index contributed by atoms with van der Waals surface area (Å²) < 4.78 is 15.0. The quantitative estimate of drug-likeness (QED) is 0.391. The van der Waals surface area contributed by atoms with Crippen molar-refractivity contribution >= 4 is 0 Å². The smallest absolute Gasteiger partial charge is 0.119 e. The van der Waals surface area contributed by atoms with E-state index in [1.54, 1.807) is 0 Å². The summed E-state index contributed by atoms with van der Waals surface area (Å²) in [7, 11) is 0. The van der Waals surface area contributed by atoms with Crippen molar-refractivity contribution in [2.24, 2.45) is 0 Å². The molecule has 30 heavy (non-hydrogen) atoms. The van der Waals surface area contributed by atoms with Crippen LogP contribution in [-0.4, -0.2) is 68.2 Å². The van der Waals surface area contributed by atoms with Gasteiger partial charge in [-0.05, 0) is 40.9 Å². The zero-order valence-electron chi connectivity index (χ0n) is 19.9. The molecule has 0 spiro atoms. The second-order valence-corrected chi connectivity index (χ2v) is 8.49. The summed E-state index contributed by atoms with van der Waals surface area (Å²) in [6, 6.07) is 6.08. The molecule has 0 unspecified atom stereocenters. The first-order chi connectivity index (χ1) is 14.2. The van der Waals surface area contributed by atoms with E-state index >= 15 is 0 Å². The summed E-state index contributed by atoms with van der Waals surface area (Å²) >= 11 is 0. The third-order valence-corrected chi connectivity index (χ3v) is 5.49. The number of hydrogen-bond donors (Lipinski definition) is 3. The Morgan fingerprint density at radius 3 is 1.53 bits per heavy atom. The van der Waals surface area contributed by atoms with Crippen LogP contribution in [0, 0.1) is 0 Å². The van der Waals surface area contributed by atoms with Crippen molar-refractivity contribution in [3.63, 3.8) is 0 Å². The van der Waals surface area contributed by atoms with E-state index in [0.29, 0.717) is 45.4 Å². The van der Waals surface area contributed by atoms with Crippen molar-refractivity contribution in [3.05, 3.63) is 29.3 Å². The Kier molecular flexibility index (Phi) is 15.0. The van der Waals surface area contributed by atoms with Crippen LogP contribution in [0.25, 0.3) is 0 Å². The first-order valence-electron chi connectivity index (χ1n) is 10.9. The molecule has 0 aromatic heterocycles. The van der Waals surface area contributed by atoms with Gasteiger partial charge in [0.25, 0.3) is 0 Å². The van der Waals surface area contributed by atoms with Gasteiger partial charge in [-0.3, -0.25) is 0 Å². The van der Waals surface area contributed by atoms with Crippen LogP contribution >= 0.6 is 0 Å². The number of aliphatic hydroxyl groups excluding tert-OH is 2. The summed E-state index contributed by atoms with van der Waals surface area (Å²) in [5.74, 6) is 0.424. The lowest BCUT2D eigenvalue weighted by Crippen LogP contribution is -2.20. The van der Waals surface area contributed by atoms with Crippen LogP contribution in [0.3, 0.4) is 0 Å². The topological polar surface area (TPSA) is 88.4 Å². The van der Waals surface area contributed by atoms with E-state index < -0.39 is 0 Å². The molecule has 3 N–H and O–H groups in total. The molecule has 0 radical (unpaired) electrons. The van der Waals surface area contributed by atoms with E-state index in [0.717, 1.165) is 18.4 Å². The van der Waals surface area contributed by atoms with Crippen LogP contribution < -0.4 is 0 Å². The number of ether oxygens (including phenoxy) is 3. The Hall–Kier alpha value is -1.18. The first-order valence-corrected chi connectivity index (χ1v) is 10.9. The minimum absolute atomic E-state index is 0.0317. The van der Waals surface area contributed by atoms with E-state index in [2.05, 4.69) is 47.6 Å². The van der Waals surface area contributed by atoms with Crippen LogP contribution in [0.2, 0.25) is 0 Å². The summed E-state index contributed by atoms with van der Waals surface area (Å²) in [4.78, 5) is 0. The molecule has 176 valence electrons. The number of phenols is 1. The SMILES string of the molecule is CCC(C)(C)c1ccc(O)c(C(C)(C)CC)c1.OCCOCCOCCOCCO. The highest BCUT2D eigenvalue weighted by molar-refractivity contribution is 5.43. The molecular formula is C24H44O6. The van der Waals surface area contributed by atoms with Crippen molar-refractivity contribution in [3.8, 4) is 5.75 Å². The molecule has 0 fully saturated rings. The molecule has 6 nitrogen and oxygen atoms in total. The average Bonchev–Trinajstić information content (AvgIpc) is 2.73. The van der Waals surface area contributed by atoms with E-state index in [9.17, 15) is 5.11 Å². The Morgan fingerprint density at radius 1 is 0.700 bits per heavy atom. The van der Waals surface area contributed by atoms with Crippen molar-refractivity contribution in [1.82, 2.24) is 0 Å². The van der Waals surface area contributed by atoms with Gasteiger partial charge in [-0.15, -0.1) is 0 Å². The third-order valence-electron chi connectivity index (χ3n) is 5.49. The molecule has 1 aromatic carbocycles. The molecule has 0 saturated heterocycles. The number of aromatic hydroxyl groups is 1. The number of rotatable bonds is 14. The molecule has 0 atom stereocenters.